The predicted molar refractivity (Wildman–Crippen MR) is 75.9 cm³/mol. The number of sulfone groups is 1. The molecule has 114 valence electrons. The summed E-state index contributed by atoms with van der Waals surface area (Å²) in [4.78, 5) is 1.15. The summed E-state index contributed by atoms with van der Waals surface area (Å²) in [6.07, 6.45) is 1.96. The molecule has 0 fully saturated rings. The van der Waals surface area contributed by atoms with Crippen LogP contribution in [0.4, 0.5) is 18.9 Å². The number of thioether (sulfide) groups is 1. The van der Waals surface area contributed by atoms with Crippen LogP contribution < -0.4 is 4.90 Å². The van der Waals surface area contributed by atoms with Crippen LogP contribution in [0.25, 0.3) is 0 Å². The highest BCUT2D eigenvalue weighted by Crippen LogP contribution is 2.31. The van der Waals surface area contributed by atoms with E-state index in [0.717, 1.165) is 17.9 Å². The second-order valence-corrected chi connectivity index (χ2v) is 7.21. The van der Waals surface area contributed by atoms with Crippen molar-refractivity contribution in [2.75, 3.05) is 24.0 Å². The van der Waals surface area contributed by atoms with Gasteiger partial charge >= 0.3 is 5.51 Å². The molecule has 0 radical (unpaired) electrons. The second-order valence-electron chi connectivity index (χ2n) is 4.36. The van der Waals surface area contributed by atoms with Gasteiger partial charge in [-0.05, 0) is 37.4 Å². The zero-order valence-electron chi connectivity index (χ0n) is 11.3. The Balaban J connectivity index is 3.01. The molecule has 0 amide bonds. The molecule has 1 aromatic rings. The number of anilines is 1. The molecule has 0 heterocycles. The topological polar surface area (TPSA) is 37.4 Å². The molecule has 1 unspecified atom stereocenters. The average Bonchev–Trinajstić information content (AvgIpc) is 2.37. The van der Waals surface area contributed by atoms with Crippen molar-refractivity contribution < 1.29 is 21.6 Å². The Morgan fingerprint density at radius 2 is 1.75 bits per heavy atom. The Hall–Kier alpha value is -0.890. The molecule has 0 aliphatic rings. The number of rotatable bonds is 5. The Labute approximate surface area is 121 Å². The molecule has 20 heavy (non-hydrogen) atoms. The molecular formula is C12H16F3NO2S2. The Bertz CT molecular complexity index is 541. The quantitative estimate of drug-likeness (QED) is 0.832. The fraction of sp³-hybridized carbons (Fsp3) is 0.500. The summed E-state index contributed by atoms with van der Waals surface area (Å²) in [5.74, 6) is 0.860. The lowest BCUT2D eigenvalue weighted by atomic mass is 10.2. The Morgan fingerprint density at radius 1 is 1.25 bits per heavy atom. The van der Waals surface area contributed by atoms with Crippen LogP contribution >= 0.6 is 11.8 Å². The van der Waals surface area contributed by atoms with Crippen LogP contribution in [0.15, 0.2) is 29.2 Å². The maximum atomic E-state index is 12.4. The van der Waals surface area contributed by atoms with Crippen LogP contribution in [0.3, 0.4) is 0 Å². The minimum absolute atomic E-state index is 0.190. The molecule has 0 saturated heterocycles. The van der Waals surface area contributed by atoms with Gasteiger partial charge in [0.2, 0.25) is 0 Å². The zero-order valence-corrected chi connectivity index (χ0v) is 12.9. The second kappa shape index (κ2) is 6.26. The maximum absolute atomic E-state index is 12.4. The van der Waals surface area contributed by atoms with Crippen LogP contribution in [0.1, 0.15) is 6.92 Å². The number of hydrogen-bond acceptors (Lipinski definition) is 4. The van der Waals surface area contributed by atoms with E-state index < -0.39 is 20.2 Å². The van der Waals surface area contributed by atoms with Gasteiger partial charge in [0, 0.05) is 24.5 Å². The van der Waals surface area contributed by atoms with E-state index in [4.69, 9.17) is 0 Å². The van der Waals surface area contributed by atoms with Crippen molar-refractivity contribution in [2.24, 2.45) is 0 Å². The van der Waals surface area contributed by atoms with Crippen molar-refractivity contribution in [3.63, 3.8) is 0 Å². The molecule has 0 bridgehead atoms. The summed E-state index contributed by atoms with van der Waals surface area (Å²) in [5, 5.41) is 0. The molecule has 0 saturated carbocycles. The lowest BCUT2D eigenvalue weighted by Gasteiger charge is -2.26. The molecule has 1 aromatic carbocycles. The first-order chi connectivity index (χ1) is 9.11. The van der Waals surface area contributed by atoms with Gasteiger partial charge < -0.3 is 4.90 Å². The van der Waals surface area contributed by atoms with Gasteiger partial charge in [0.15, 0.2) is 0 Å². The van der Waals surface area contributed by atoms with Crippen molar-refractivity contribution in [3.05, 3.63) is 24.3 Å². The minimum atomic E-state index is -5.27. The molecule has 0 spiro atoms. The van der Waals surface area contributed by atoms with Crippen LogP contribution in [0.5, 0.6) is 0 Å². The van der Waals surface area contributed by atoms with E-state index in [0.29, 0.717) is 5.69 Å². The highest BCUT2D eigenvalue weighted by Gasteiger charge is 2.46. The predicted octanol–water partition coefficient (Wildman–Crippen LogP) is 3.17. The molecular weight excluding hydrogens is 311 g/mol. The minimum Gasteiger partial charge on any atom is -0.371 e. The van der Waals surface area contributed by atoms with Crippen LogP contribution in [0, 0.1) is 0 Å². The third kappa shape index (κ3) is 3.60. The summed E-state index contributed by atoms with van der Waals surface area (Å²) in [6, 6.07) is 4.93. The third-order valence-corrected chi connectivity index (χ3v) is 5.25. The summed E-state index contributed by atoms with van der Waals surface area (Å²) in [5.41, 5.74) is -4.60. The van der Waals surface area contributed by atoms with Crippen molar-refractivity contribution in [1.29, 1.82) is 0 Å². The van der Waals surface area contributed by atoms with Crippen molar-refractivity contribution in [3.8, 4) is 0 Å². The van der Waals surface area contributed by atoms with Crippen molar-refractivity contribution in [2.45, 2.75) is 23.4 Å². The molecule has 1 atom stereocenters. The molecule has 0 N–H and O–H groups in total. The molecule has 8 heteroatoms. The third-order valence-electron chi connectivity index (χ3n) is 2.93. The number of benzene rings is 1. The van der Waals surface area contributed by atoms with Crippen LogP contribution in [-0.2, 0) is 9.84 Å². The molecule has 0 aromatic heterocycles. The fourth-order valence-electron chi connectivity index (χ4n) is 1.60. The lowest BCUT2D eigenvalue weighted by molar-refractivity contribution is -0.0436. The number of nitrogens with zero attached hydrogens (tertiary/aromatic N) is 1. The first kappa shape index (κ1) is 17.2. The summed E-state index contributed by atoms with van der Waals surface area (Å²) in [6.45, 7) is 1.98. The molecule has 1 rings (SSSR count). The normalized spacial score (nSPS) is 14.1. The van der Waals surface area contributed by atoms with Crippen LogP contribution in [0.2, 0.25) is 0 Å². The van der Waals surface area contributed by atoms with Gasteiger partial charge in [0.25, 0.3) is 9.84 Å². The zero-order chi connectivity index (χ0) is 15.6. The molecule has 0 aliphatic heterocycles. The first-order valence-corrected chi connectivity index (χ1v) is 8.62. The van der Waals surface area contributed by atoms with E-state index in [9.17, 15) is 21.6 Å². The van der Waals surface area contributed by atoms with Gasteiger partial charge in [-0.3, -0.25) is 0 Å². The highest BCUT2D eigenvalue weighted by atomic mass is 32.2. The first-order valence-electron chi connectivity index (χ1n) is 5.74. The van der Waals surface area contributed by atoms with E-state index in [1.165, 1.54) is 12.1 Å². The Morgan fingerprint density at radius 3 is 2.15 bits per heavy atom. The van der Waals surface area contributed by atoms with Gasteiger partial charge in [-0.15, -0.1) is 0 Å². The fourth-order valence-corrected chi connectivity index (χ4v) is 3.07. The number of hydrogen-bond donors (Lipinski definition) is 0. The van der Waals surface area contributed by atoms with Gasteiger partial charge in [-0.25, -0.2) is 8.42 Å². The summed E-state index contributed by atoms with van der Waals surface area (Å²) in [7, 11) is -3.46. The summed E-state index contributed by atoms with van der Waals surface area (Å²) >= 11 is 1.66. The smallest absolute Gasteiger partial charge is 0.371 e. The van der Waals surface area contributed by atoms with Gasteiger partial charge in [0.05, 0.1) is 4.90 Å². The van der Waals surface area contributed by atoms with Crippen LogP contribution in [-0.4, -0.2) is 39.0 Å². The number of alkyl halides is 3. The van der Waals surface area contributed by atoms with Crippen molar-refractivity contribution >= 4 is 27.3 Å². The van der Waals surface area contributed by atoms with Gasteiger partial charge in [0.1, 0.15) is 0 Å². The van der Waals surface area contributed by atoms with Gasteiger partial charge in [-0.1, -0.05) is 0 Å². The monoisotopic (exact) mass is 327 g/mol. The maximum Gasteiger partial charge on any atom is 0.501 e. The van der Waals surface area contributed by atoms with Crippen molar-refractivity contribution in [1.82, 2.24) is 0 Å². The standard InChI is InChI=1S/C12H16F3NO2S2/c1-9(8-19-3)16(2)10-4-6-11(7-5-10)20(17,18)12(13,14)15/h4-7,9H,8H2,1-3H3. The largest absolute Gasteiger partial charge is 0.501 e. The highest BCUT2D eigenvalue weighted by molar-refractivity contribution is 7.98. The van der Waals surface area contributed by atoms with E-state index in [2.05, 4.69) is 0 Å². The Kier molecular flexibility index (Phi) is 5.37. The van der Waals surface area contributed by atoms with E-state index in [1.807, 2.05) is 25.1 Å². The van der Waals surface area contributed by atoms with E-state index in [1.54, 1.807) is 11.8 Å². The van der Waals surface area contributed by atoms with E-state index >= 15 is 0 Å². The summed E-state index contributed by atoms with van der Waals surface area (Å²) < 4.78 is 59.7. The molecule has 0 aliphatic carbocycles. The van der Waals surface area contributed by atoms with E-state index in [-0.39, 0.29) is 6.04 Å². The average molecular weight is 327 g/mol. The lowest BCUT2D eigenvalue weighted by Crippen LogP contribution is -2.30. The van der Waals surface area contributed by atoms with Gasteiger partial charge in [-0.2, -0.15) is 24.9 Å². The SMILES string of the molecule is CSCC(C)N(C)c1ccc(S(=O)(=O)C(F)(F)F)cc1. The molecule has 3 nitrogen and oxygen atoms in total. The number of halogens is 3.